The van der Waals surface area contributed by atoms with Crippen molar-refractivity contribution in [3.63, 3.8) is 0 Å². The molecule has 2 N–H and O–H groups in total. The maximum Gasteiger partial charge on any atom is 0.254 e. The van der Waals surface area contributed by atoms with Crippen molar-refractivity contribution in [2.24, 2.45) is 5.92 Å². The van der Waals surface area contributed by atoms with E-state index in [9.17, 15) is 14.7 Å². The fraction of sp³-hybridized carbons (Fsp3) is 0.500. The lowest BCUT2D eigenvalue weighted by Gasteiger charge is -2.28. The van der Waals surface area contributed by atoms with Crippen LogP contribution in [0.4, 0.5) is 0 Å². The SMILES string of the molecule is COC(COc1cc([C@@H](C(=O)N2CC(O)CC2C(=O)NCc2ccc(-c3scnc3C)cc2)C(C)C)on1)OC. The number of carbonyl (C=O) groups excluding carboxylic acids is 2. The molecule has 0 aliphatic carbocycles. The van der Waals surface area contributed by atoms with Crippen LogP contribution in [0.3, 0.4) is 0 Å². The van der Waals surface area contributed by atoms with Crippen molar-refractivity contribution in [3.8, 4) is 16.3 Å². The molecule has 2 unspecified atom stereocenters. The molecule has 1 aromatic carbocycles. The Morgan fingerprint density at radius 3 is 2.58 bits per heavy atom. The van der Waals surface area contributed by atoms with Gasteiger partial charge in [0.1, 0.15) is 18.6 Å². The van der Waals surface area contributed by atoms with Gasteiger partial charge in [0.05, 0.1) is 22.2 Å². The first kappa shape index (κ1) is 29.7. The minimum atomic E-state index is -0.803. The molecule has 1 fully saturated rings. The quantitative estimate of drug-likeness (QED) is 0.314. The predicted octanol–water partition coefficient (Wildman–Crippen LogP) is 3.12. The molecule has 11 nitrogen and oxygen atoms in total. The van der Waals surface area contributed by atoms with Gasteiger partial charge in [-0.05, 0) is 29.1 Å². The van der Waals surface area contributed by atoms with Crippen molar-refractivity contribution in [2.45, 2.75) is 58.1 Å². The predicted molar refractivity (Wildman–Crippen MR) is 148 cm³/mol. The summed E-state index contributed by atoms with van der Waals surface area (Å²) in [5.41, 5.74) is 4.80. The summed E-state index contributed by atoms with van der Waals surface area (Å²) in [4.78, 5) is 33.8. The minimum absolute atomic E-state index is 0.0594. The molecule has 1 aliphatic heterocycles. The first-order valence-corrected chi connectivity index (χ1v) is 14.0. The van der Waals surface area contributed by atoms with Gasteiger partial charge in [0, 0.05) is 39.8 Å². The van der Waals surface area contributed by atoms with E-state index in [1.165, 1.54) is 19.1 Å². The number of aliphatic hydroxyl groups excluding tert-OH is 1. The monoisotopic (exact) mass is 572 g/mol. The molecule has 0 radical (unpaired) electrons. The number of methoxy groups -OCH3 is 2. The number of carbonyl (C=O) groups is 2. The zero-order valence-electron chi connectivity index (χ0n) is 23.3. The Balaban J connectivity index is 1.41. The Kier molecular flexibility index (Phi) is 9.90. The van der Waals surface area contributed by atoms with Gasteiger partial charge in [0.25, 0.3) is 5.88 Å². The van der Waals surface area contributed by atoms with Gasteiger partial charge >= 0.3 is 0 Å². The number of aromatic nitrogens is 2. The van der Waals surface area contributed by atoms with E-state index < -0.39 is 24.4 Å². The number of thiazole rings is 1. The molecule has 3 heterocycles. The summed E-state index contributed by atoms with van der Waals surface area (Å²) in [6.07, 6.45) is -1.22. The summed E-state index contributed by atoms with van der Waals surface area (Å²) in [5.74, 6) is -1.00. The Hall–Kier alpha value is -3.32. The van der Waals surface area contributed by atoms with Crippen LogP contribution < -0.4 is 10.1 Å². The molecule has 0 saturated carbocycles. The topological polar surface area (TPSA) is 136 Å². The Labute approximate surface area is 237 Å². The molecular weight excluding hydrogens is 536 g/mol. The molecule has 3 aromatic rings. The number of hydrogen-bond acceptors (Lipinski definition) is 10. The average Bonchev–Trinajstić information content (AvgIpc) is 3.68. The molecule has 2 amide bonds. The zero-order chi connectivity index (χ0) is 28.8. The number of ether oxygens (including phenoxy) is 3. The number of aliphatic hydroxyl groups is 1. The van der Waals surface area contributed by atoms with E-state index in [1.807, 2.05) is 50.5 Å². The van der Waals surface area contributed by atoms with Crippen molar-refractivity contribution < 1.29 is 33.4 Å². The van der Waals surface area contributed by atoms with E-state index in [1.54, 1.807) is 17.4 Å². The van der Waals surface area contributed by atoms with E-state index in [4.69, 9.17) is 18.7 Å². The van der Waals surface area contributed by atoms with Crippen LogP contribution in [0.2, 0.25) is 0 Å². The second kappa shape index (κ2) is 13.4. The fourth-order valence-corrected chi connectivity index (χ4v) is 5.56. The van der Waals surface area contributed by atoms with Crippen molar-refractivity contribution >= 4 is 23.2 Å². The van der Waals surface area contributed by atoms with Crippen molar-refractivity contribution in [2.75, 3.05) is 27.4 Å². The molecule has 1 aliphatic rings. The van der Waals surface area contributed by atoms with Crippen molar-refractivity contribution in [1.82, 2.24) is 20.4 Å². The van der Waals surface area contributed by atoms with E-state index in [0.29, 0.717) is 12.3 Å². The maximum absolute atomic E-state index is 13.7. The number of hydrogen-bond donors (Lipinski definition) is 2. The number of rotatable bonds is 12. The van der Waals surface area contributed by atoms with E-state index in [-0.39, 0.29) is 43.2 Å². The molecule has 2 aromatic heterocycles. The van der Waals surface area contributed by atoms with E-state index >= 15 is 0 Å². The van der Waals surface area contributed by atoms with Gasteiger partial charge in [-0.25, -0.2) is 4.98 Å². The third kappa shape index (κ3) is 6.87. The maximum atomic E-state index is 13.7. The number of β-amino-alcohol motifs (C(OH)–C–C–N with tert-alkyl or cyclic N) is 1. The van der Waals surface area contributed by atoms with Crippen molar-refractivity contribution in [3.05, 3.63) is 52.9 Å². The first-order chi connectivity index (χ1) is 19.2. The molecule has 0 spiro atoms. The lowest BCUT2D eigenvalue weighted by atomic mass is 9.91. The van der Waals surface area contributed by atoms with Gasteiger partial charge in [0.2, 0.25) is 11.8 Å². The summed E-state index contributed by atoms with van der Waals surface area (Å²) < 4.78 is 21.2. The zero-order valence-corrected chi connectivity index (χ0v) is 24.1. The molecule has 216 valence electrons. The molecule has 3 atom stereocenters. The Bertz CT molecular complexity index is 1270. The largest absolute Gasteiger partial charge is 0.470 e. The number of nitrogens with one attached hydrogen (secondary N) is 1. The van der Waals surface area contributed by atoms with Crippen LogP contribution in [0.15, 0.2) is 40.4 Å². The highest BCUT2D eigenvalue weighted by Crippen LogP contribution is 2.32. The highest BCUT2D eigenvalue weighted by atomic mass is 32.1. The third-order valence-electron chi connectivity index (χ3n) is 6.93. The molecule has 12 heteroatoms. The molecular formula is C28H36N4O7S. The minimum Gasteiger partial charge on any atom is -0.470 e. The normalized spacial score (nSPS) is 17.9. The van der Waals surface area contributed by atoms with Crippen LogP contribution in [0, 0.1) is 12.8 Å². The van der Waals surface area contributed by atoms with Crippen LogP contribution in [0.1, 0.15) is 43.2 Å². The smallest absolute Gasteiger partial charge is 0.254 e. The van der Waals surface area contributed by atoms with Crippen LogP contribution in [0.5, 0.6) is 5.88 Å². The number of aryl methyl sites for hydroxylation is 1. The second-order valence-electron chi connectivity index (χ2n) is 10.1. The van der Waals surface area contributed by atoms with E-state index in [0.717, 1.165) is 21.7 Å². The average molecular weight is 573 g/mol. The van der Waals surface area contributed by atoms with Crippen LogP contribution >= 0.6 is 11.3 Å². The summed E-state index contributed by atoms with van der Waals surface area (Å²) in [6, 6.07) is 8.69. The van der Waals surface area contributed by atoms with Gasteiger partial charge in [-0.2, -0.15) is 0 Å². The van der Waals surface area contributed by atoms with Crippen LogP contribution in [-0.2, 0) is 25.6 Å². The molecule has 1 saturated heterocycles. The second-order valence-corrected chi connectivity index (χ2v) is 10.9. The van der Waals surface area contributed by atoms with Gasteiger partial charge in [0.15, 0.2) is 12.1 Å². The highest BCUT2D eigenvalue weighted by Gasteiger charge is 2.43. The van der Waals surface area contributed by atoms with E-state index in [2.05, 4.69) is 15.5 Å². The fourth-order valence-electron chi connectivity index (χ4n) is 4.75. The Morgan fingerprint density at radius 2 is 1.95 bits per heavy atom. The van der Waals surface area contributed by atoms with Crippen molar-refractivity contribution in [1.29, 1.82) is 0 Å². The summed E-state index contributed by atoms with van der Waals surface area (Å²) in [6.45, 7) is 6.20. The molecule has 40 heavy (non-hydrogen) atoms. The highest BCUT2D eigenvalue weighted by molar-refractivity contribution is 7.13. The van der Waals surface area contributed by atoms with Crippen LogP contribution in [-0.4, -0.2) is 77.8 Å². The van der Waals surface area contributed by atoms with Crippen LogP contribution in [0.25, 0.3) is 10.4 Å². The van der Waals surface area contributed by atoms with Gasteiger partial charge in [-0.15, -0.1) is 11.3 Å². The molecule has 0 bridgehead atoms. The molecule has 4 rings (SSSR count). The number of amides is 2. The van der Waals surface area contributed by atoms with Gasteiger partial charge in [-0.1, -0.05) is 38.1 Å². The lowest BCUT2D eigenvalue weighted by molar-refractivity contribution is -0.141. The van der Waals surface area contributed by atoms with Gasteiger partial charge < -0.3 is 34.1 Å². The number of benzene rings is 1. The third-order valence-corrected chi connectivity index (χ3v) is 7.91. The first-order valence-electron chi connectivity index (χ1n) is 13.1. The number of likely N-dealkylation sites (tertiary alicyclic amines) is 1. The van der Waals surface area contributed by atoms with Gasteiger partial charge in [-0.3, -0.25) is 9.59 Å². The lowest BCUT2D eigenvalue weighted by Crippen LogP contribution is -2.48. The number of nitrogens with zero attached hydrogens (tertiary/aromatic N) is 3. The summed E-state index contributed by atoms with van der Waals surface area (Å²) >= 11 is 1.59. The Morgan fingerprint density at radius 1 is 1.23 bits per heavy atom. The standard InChI is InChI=1S/C28H36N4O7S/c1-16(2)25(22-11-23(31-39-22)38-14-24(36-4)37-5)28(35)32-13-20(33)10-21(32)27(34)29-12-18-6-8-19(9-7-18)26-17(3)30-15-40-26/h6-9,11,15-16,20-21,24-25,33H,10,12-14H2,1-5H3,(H,29,34)/t20?,21?,25-/m0/s1. The summed E-state index contributed by atoms with van der Waals surface area (Å²) in [5, 5.41) is 17.2. The summed E-state index contributed by atoms with van der Waals surface area (Å²) in [7, 11) is 2.99.